The summed E-state index contributed by atoms with van der Waals surface area (Å²) in [6.07, 6.45) is 0. The summed E-state index contributed by atoms with van der Waals surface area (Å²) in [6, 6.07) is 5.36. The molecule has 4 N–H and O–H groups in total. The molecule has 0 aliphatic heterocycles. The first-order valence-electron chi connectivity index (χ1n) is 3.37. The first kappa shape index (κ1) is 9.92. The van der Waals surface area contributed by atoms with Crippen molar-refractivity contribution in [3.8, 4) is 0 Å². The zero-order chi connectivity index (χ0) is 10.1. The zero-order valence-electron chi connectivity index (χ0n) is 6.54. The predicted molar refractivity (Wildman–Crippen MR) is 47.2 cm³/mol. The zero-order valence-corrected chi connectivity index (χ0v) is 7.44. The van der Waals surface area contributed by atoms with Crippen LogP contribution < -0.4 is 5.73 Å². The first-order valence-corrected chi connectivity index (χ1v) is 4.98. The van der Waals surface area contributed by atoms with Crippen molar-refractivity contribution in [1.82, 2.24) is 0 Å². The minimum atomic E-state index is -4.67. The van der Waals surface area contributed by atoms with Crippen molar-refractivity contribution in [1.29, 1.82) is 0 Å². The Morgan fingerprint density at radius 1 is 1.23 bits per heavy atom. The fraction of sp³-hybridized carbons (Fsp3) is 0. The molecule has 1 aromatic carbocycles. The quantitative estimate of drug-likeness (QED) is 0.480. The van der Waals surface area contributed by atoms with Gasteiger partial charge in [-0.05, 0) is 24.3 Å². The van der Waals surface area contributed by atoms with E-state index in [9.17, 15) is 9.36 Å². The summed E-state index contributed by atoms with van der Waals surface area (Å²) in [4.78, 5) is 28.1. The summed E-state index contributed by atoms with van der Waals surface area (Å²) < 4.78 is 10.5. The third kappa shape index (κ3) is 2.39. The van der Waals surface area contributed by atoms with Crippen LogP contribution in [-0.4, -0.2) is 15.3 Å². The van der Waals surface area contributed by atoms with Gasteiger partial charge in [-0.15, -0.1) is 0 Å². The molecule has 0 atom stereocenters. The van der Waals surface area contributed by atoms with Crippen LogP contribution in [0, 0.1) is 0 Å². The van der Waals surface area contributed by atoms with E-state index in [2.05, 4.69) is 0 Å². The summed E-state index contributed by atoms with van der Waals surface area (Å²) in [7, 11) is -4.67. The maximum Gasteiger partial charge on any atom is 0.396 e. The smallest absolute Gasteiger partial charge is 0.396 e. The Labute approximate surface area is 74.3 Å². The minimum absolute atomic E-state index is 0.0393. The van der Waals surface area contributed by atoms with Gasteiger partial charge >= 0.3 is 7.60 Å². The molecule has 13 heavy (non-hydrogen) atoms. The second kappa shape index (κ2) is 3.30. The Hall–Kier alpha value is -1.16. The van der Waals surface area contributed by atoms with Gasteiger partial charge in [0.05, 0.1) is 0 Å². The molecule has 0 aliphatic carbocycles. The van der Waals surface area contributed by atoms with E-state index in [1.165, 1.54) is 24.3 Å². The maximum absolute atomic E-state index is 11.0. The van der Waals surface area contributed by atoms with Crippen molar-refractivity contribution in [2.75, 3.05) is 5.73 Å². The molecule has 0 saturated heterocycles. The van der Waals surface area contributed by atoms with Crippen LogP contribution in [0.4, 0.5) is 5.69 Å². The SMILES string of the molecule is Nc1ccc(C(=O)P(=O)(O)O)cc1. The number of nitrogen functional groups attached to an aromatic ring is 1. The van der Waals surface area contributed by atoms with Crippen LogP contribution in [0.3, 0.4) is 0 Å². The summed E-state index contributed by atoms with van der Waals surface area (Å²) in [6.45, 7) is 0. The largest absolute Gasteiger partial charge is 0.399 e. The van der Waals surface area contributed by atoms with Gasteiger partial charge in [0.2, 0.25) is 0 Å². The Morgan fingerprint density at radius 3 is 2.08 bits per heavy atom. The molecule has 0 bridgehead atoms. The van der Waals surface area contributed by atoms with E-state index in [1.807, 2.05) is 0 Å². The highest BCUT2D eigenvalue weighted by Gasteiger charge is 2.26. The van der Waals surface area contributed by atoms with Crippen molar-refractivity contribution in [2.24, 2.45) is 0 Å². The monoisotopic (exact) mass is 201 g/mol. The lowest BCUT2D eigenvalue weighted by atomic mass is 10.2. The van der Waals surface area contributed by atoms with E-state index in [0.717, 1.165) is 0 Å². The van der Waals surface area contributed by atoms with Gasteiger partial charge in [0.15, 0.2) is 0 Å². The third-order valence-electron chi connectivity index (χ3n) is 1.42. The van der Waals surface area contributed by atoms with Gasteiger partial charge in [0, 0.05) is 11.3 Å². The lowest BCUT2D eigenvalue weighted by molar-refractivity contribution is 0.104. The fourth-order valence-electron chi connectivity index (χ4n) is 0.794. The molecule has 0 aliphatic rings. The summed E-state index contributed by atoms with van der Waals surface area (Å²) in [5.74, 6) is 0. The number of rotatable bonds is 2. The first-order chi connectivity index (χ1) is 5.91. The number of hydrogen-bond donors (Lipinski definition) is 3. The van der Waals surface area contributed by atoms with E-state index in [1.54, 1.807) is 0 Å². The lowest BCUT2D eigenvalue weighted by Gasteiger charge is -2.02. The van der Waals surface area contributed by atoms with Crippen LogP contribution in [0.1, 0.15) is 10.4 Å². The van der Waals surface area contributed by atoms with Crippen LogP contribution in [0.5, 0.6) is 0 Å². The second-order valence-electron chi connectivity index (χ2n) is 2.47. The third-order valence-corrected chi connectivity index (χ3v) is 2.21. The Kier molecular flexibility index (Phi) is 2.52. The molecule has 0 amide bonds. The number of hydrogen-bond acceptors (Lipinski definition) is 3. The van der Waals surface area contributed by atoms with E-state index in [4.69, 9.17) is 15.5 Å². The lowest BCUT2D eigenvalue weighted by Crippen LogP contribution is -1.99. The van der Waals surface area contributed by atoms with Crippen molar-refractivity contribution in [3.05, 3.63) is 29.8 Å². The molecule has 0 heterocycles. The number of carbonyl (C=O) groups excluding carboxylic acids is 1. The summed E-state index contributed by atoms with van der Waals surface area (Å²) in [5, 5.41) is 0. The summed E-state index contributed by atoms with van der Waals surface area (Å²) in [5.41, 5.74) is 4.54. The normalized spacial score (nSPS) is 11.2. The van der Waals surface area contributed by atoms with Crippen LogP contribution in [0.15, 0.2) is 24.3 Å². The van der Waals surface area contributed by atoms with Crippen LogP contribution in [-0.2, 0) is 4.57 Å². The van der Waals surface area contributed by atoms with Crippen LogP contribution in [0.25, 0.3) is 0 Å². The average Bonchev–Trinajstić information content (AvgIpc) is 2.03. The molecule has 1 aromatic rings. The number of benzene rings is 1. The molecule has 0 unspecified atom stereocenters. The van der Waals surface area contributed by atoms with Crippen molar-refractivity contribution >= 4 is 18.8 Å². The highest BCUT2D eigenvalue weighted by atomic mass is 31.2. The minimum Gasteiger partial charge on any atom is -0.399 e. The molecule has 5 nitrogen and oxygen atoms in total. The van der Waals surface area contributed by atoms with Gasteiger partial charge in [-0.2, -0.15) is 0 Å². The van der Waals surface area contributed by atoms with Crippen molar-refractivity contribution < 1.29 is 19.1 Å². The van der Waals surface area contributed by atoms with E-state index < -0.39 is 13.1 Å². The van der Waals surface area contributed by atoms with Gasteiger partial charge in [-0.25, -0.2) is 0 Å². The highest BCUT2D eigenvalue weighted by molar-refractivity contribution is 7.70. The topological polar surface area (TPSA) is 101 Å². The highest BCUT2D eigenvalue weighted by Crippen LogP contribution is 2.38. The molecule has 0 radical (unpaired) electrons. The summed E-state index contributed by atoms with van der Waals surface area (Å²) >= 11 is 0. The van der Waals surface area contributed by atoms with Crippen molar-refractivity contribution in [2.45, 2.75) is 0 Å². The molecule has 0 saturated carbocycles. The molecular weight excluding hydrogens is 193 g/mol. The van der Waals surface area contributed by atoms with Crippen molar-refractivity contribution in [3.63, 3.8) is 0 Å². The Balaban J connectivity index is 3.04. The van der Waals surface area contributed by atoms with Crippen LogP contribution >= 0.6 is 7.60 Å². The van der Waals surface area contributed by atoms with Gasteiger partial charge in [-0.3, -0.25) is 9.36 Å². The molecule has 6 heteroatoms. The predicted octanol–water partition coefficient (Wildman–Crippen LogP) is 0.587. The Bertz CT molecular complexity index is 367. The van der Waals surface area contributed by atoms with Gasteiger partial charge in [0.25, 0.3) is 5.52 Å². The maximum atomic E-state index is 11.0. The van der Waals surface area contributed by atoms with Gasteiger partial charge in [0.1, 0.15) is 0 Å². The molecule has 1 rings (SSSR count). The molecule has 0 aromatic heterocycles. The van der Waals surface area contributed by atoms with E-state index in [-0.39, 0.29) is 5.56 Å². The van der Waals surface area contributed by atoms with Gasteiger partial charge < -0.3 is 15.5 Å². The molecule has 0 spiro atoms. The fourth-order valence-corrected chi connectivity index (χ4v) is 1.28. The second-order valence-corrected chi connectivity index (χ2v) is 3.97. The number of anilines is 1. The van der Waals surface area contributed by atoms with E-state index in [0.29, 0.717) is 5.69 Å². The molecule has 70 valence electrons. The average molecular weight is 201 g/mol. The standard InChI is InChI=1S/C7H8NO4P/c8-6-3-1-5(2-4-6)7(9)13(10,11)12/h1-4H,8H2,(H2,10,11,12). The number of carbonyl (C=O) groups is 1. The number of nitrogens with two attached hydrogens (primary N) is 1. The van der Waals surface area contributed by atoms with Crippen LogP contribution in [0.2, 0.25) is 0 Å². The molecular formula is C7H8NO4P. The molecule has 0 fully saturated rings. The van der Waals surface area contributed by atoms with E-state index >= 15 is 0 Å². The Morgan fingerprint density at radius 2 is 1.69 bits per heavy atom. The van der Waals surface area contributed by atoms with Gasteiger partial charge in [-0.1, -0.05) is 0 Å².